The first-order chi connectivity index (χ1) is 11.5. The normalized spacial score (nSPS) is 15.7. The van der Waals surface area contributed by atoms with Gasteiger partial charge in [0.25, 0.3) is 0 Å². The van der Waals surface area contributed by atoms with Crippen molar-refractivity contribution in [3.63, 3.8) is 0 Å². The number of rotatable bonds is 3. The van der Waals surface area contributed by atoms with Crippen LogP contribution in [0, 0.1) is 20.8 Å². The maximum absolute atomic E-state index is 12.5. The molecule has 24 heavy (non-hydrogen) atoms. The summed E-state index contributed by atoms with van der Waals surface area (Å²) in [4.78, 5) is 30.3. The molecule has 2 aromatic rings. The van der Waals surface area contributed by atoms with Crippen molar-refractivity contribution in [3.8, 4) is 0 Å². The maximum Gasteiger partial charge on any atom is 0.348 e. The maximum atomic E-state index is 12.5. The summed E-state index contributed by atoms with van der Waals surface area (Å²) in [5.41, 5.74) is 3.44. The lowest BCUT2D eigenvalue weighted by molar-refractivity contribution is -0.133. The van der Waals surface area contributed by atoms with E-state index in [1.807, 2.05) is 24.1 Å². The molecular formula is C17H23N5O2. The lowest BCUT2D eigenvalue weighted by Crippen LogP contribution is -2.42. The van der Waals surface area contributed by atoms with Crippen LogP contribution in [0.25, 0.3) is 0 Å². The Balaban J connectivity index is 1.64. The third kappa shape index (κ3) is 3.25. The number of aryl methyl sites for hydroxylation is 3. The van der Waals surface area contributed by atoms with Crippen molar-refractivity contribution in [1.82, 2.24) is 24.6 Å². The van der Waals surface area contributed by atoms with Crippen molar-refractivity contribution in [3.05, 3.63) is 45.4 Å². The predicted molar refractivity (Wildman–Crippen MR) is 89.9 cm³/mol. The summed E-state index contributed by atoms with van der Waals surface area (Å²) in [6, 6.07) is 1.82. The SMILES string of the molecule is Cc1cc(C)n(CC(=O)N2CCC(c3[nH]ncc3C)CC2)c(=O)n1. The highest BCUT2D eigenvalue weighted by Crippen LogP contribution is 2.28. The number of nitrogens with zero attached hydrogens (tertiary/aromatic N) is 4. The number of aromatic amines is 1. The van der Waals surface area contributed by atoms with E-state index in [1.54, 1.807) is 6.92 Å². The lowest BCUT2D eigenvalue weighted by atomic mass is 9.92. The average molecular weight is 329 g/mol. The van der Waals surface area contributed by atoms with E-state index in [9.17, 15) is 9.59 Å². The molecular weight excluding hydrogens is 306 g/mol. The molecule has 0 unspecified atom stereocenters. The van der Waals surface area contributed by atoms with Crippen LogP contribution in [0.15, 0.2) is 17.1 Å². The Kier molecular flexibility index (Phi) is 4.51. The van der Waals surface area contributed by atoms with Crippen LogP contribution in [0.4, 0.5) is 0 Å². The second kappa shape index (κ2) is 6.59. The monoisotopic (exact) mass is 329 g/mol. The Morgan fingerprint density at radius 3 is 2.58 bits per heavy atom. The second-order valence-corrected chi connectivity index (χ2v) is 6.53. The van der Waals surface area contributed by atoms with E-state index in [0.717, 1.165) is 18.5 Å². The van der Waals surface area contributed by atoms with Crippen LogP contribution >= 0.6 is 0 Å². The predicted octanol–water partition coefficient (Wildman–Crippen LogP) is 1.30. The molecule has 0 aliphatic carbocycles. The molecule has 1 aliphatic heterocycles. The molecule has 0 atom stereocenters. The van der Waals surface area contributed by atoms with Crippen LogP contribution in [0.2, 0.25) is 0 Å². The summed E-state index contributed by atoms with van der Waals surface area (Å²) in [5.74, 6) is 0.396. The van der Waals surface area contributed by atoms with Crippen molar-refractivity contribution in [1.29, 1.82) is 0 Å². The third-order valence-corrected chi connectivity index (χ3v) is 4.76. The van der Waals surface area contributed by atoms with Crippen molar-refractivity contribution in [2.75, 3.05) is 13.1 Å². The third-order valence-electron chi connectivity index (χ3n) is 4.76. The molecule has 0 saturated carbocycles. The minimum Gasteiger partial charge on any atom is -0.341 e. The molecule has 128 valence electrons. The number of hydrogen-bond donors (Lipinski definition) is 1. The minimum atomic E-state index is -0.358. The Morgan fingerprint density at radius 1 is 1.29 bits per heavy atom. The number of aromatic nitrogens is 4. The number of amides is 1. The zero-order valence-corrected chi connectivity index (χ0v) is 14.4. The fourth-order valence-electron chi connectivity index (χ4n) is 3.39. The number of likely N-dealkylation sites (tertiary alicyclic amines) is 1. The van der Waals surface area contributed by atoms with E-state index in [4.69, 9.17) is 0 Å². The summed E-state index contributed by atoms with van der Waals surface area (Å²) < 4.78 is 1.44. The van der Waals surface area contributed by atoms with Crippen LogP contribution in [0.3, 0.4) is 0 Å². The number of hydrogen-bond acceptors (Lipinski definition) is 4. The molecule has 7 heteroatoms. The molecule has 0 aromatic carbocycles. The minimum absolute atomic E-state index is 0.0226. The van der Waals surface area contributed by atoms with Crippen molar-refractivity contribution in [2.45, 2.75) is 46.1 Å². The summed E-state index contributed by atoms with van der Waals surface area (Å²) in [6.07, 6.45) is 3.66. The second-order valence-electron chi connectivity index (χ2n) is 6.53. The van der Waals surface area contributed by atoms with Gasteiger partial charge in [-0.15, -0.1) is 0 Å². The number of H-pyrrole nitrogens is 1. The van der Waals surface area contributed by atoms with Gasteiger partial charge in [0.05, 0.1) is 6.20 Å². The smallest absolute Gasteiger partial charge is 0.341 e. The van der Waals surface area contributed by atoms with Gasteiger partial charge in [-0.3, -0.25) is 14.5 Å². The van der Waals surface area contributed by atoms with Gasteiger partial charge in [-0.1, -0.05) is 0 Å². The number of nitrogens with one attached hydrogen (secondary N) is 1. The van der Waals surface area contributed by atoms with Crippen LogP contribution in [-0.4, -0.2) is 43.6 Å². The Bertz CT molecular complexity index is 800. The van der Waals surface area contributed by atoms with Gasteiger partial charge in [-0.2, -0.15) is 10.1 Å². The highest BCUT2D eigenvalue weighted by Gasteiger charge is 2.26. The number of carbonyl (C=O) groups excluding carboxylic acids is 1. The van der Waals surface area contributed by atoms with E-state index < -0.39 is 0 Å². The summed E-state index contributed by atoms with van der Waals surface area (Å²) in [6.45, 7) is 7.13. The van der Waals surface area contributed by atoms with E-state index in [0.29, 0.717) is 24.7 Å². The van der Waals surface area contributed by atoms with Gasteiger partial charge in [0.2, 0.25) is 5.91 Å². The first-order valence-corrected chi connectivity index (χ1v) is 8.28. The van der Waals surface area contributed by atoms with E-state index in [1.165, 1.54) is 15.8 Å². The molecule has 0 radical (unpaired) electrons. The molecule has 3 rings (SSSR count). The summed E-state index contributed by atoms with van der Waals surface area (Å²) in [7, 11) is 0. The topological polar surface area (TPSA) is 83.9 Å². The first kappa shape index (κ1) is 16.4. The van der Waals surface area contributed by atoms with Gasteiger partial charge in [-0.05, 0) is 45.2 Å². The molecule has 3 heterocycles. The van der Waals surface area contributed by atoms with Gasteiger partial charge in [-0.25, -0.2) is 4.79 Å². The Hall–Kier alpha value is -2.44. The zero-order chi connectivity index (χ0) is 17.3. The fraction of sp³-hybridized carbons (Fsp3) is 0.529. The van der Waals surface area contributed by atoms with Gasteiger partial charge >= 0.3 is 5.69 Å². The molecule has 1 saturated heterocycles. The van der Waals surface area contributed by atoms with Gasteiger partial charge in [0.1, 0.15) is 6.54 Å². The van der Waals surface area contributed by atoms with E-state index >= 15 is 0 Å². The van der Waals surface area contributed by atoms with Gasteiger partial charge < -0.3 is 4.90 Å². The largest absolute Gasteiger partial charge is 0.348 e. The van der Waals surface area contributed by atoms with E-state index in [2.05, 4.69) is 22.1 Å². The van der Waals surface area contributed by atoms with Crippen molar-refractivity contribution >= 4 is 5.91 Å². The summed E-state index contributed by atoms with van der Waals surface area (Å²) >= 11 is 0. The average Bonchev–Trinajstić information content (AvgIpc) is 2.97. The molecule has 1 N–H and O–H groups in total. The van der Waals surface area contributed by atoms with Crippen LogP contribution in [-0.2, 0) is 11.3 Å². The fourth-order valence-corrected chi connectivity index (χ4v) is 3.39. The first-order valence-electron chi connectivity index (χ1n) is 8.28. The molecule has 1 amide bonds. The van der Waals surface area contributed by atoms with Crippen LogP contribution < -0.4 is 5.69 Å². The Morgan fingerprint density at radius 2 is 2.00 bits per heavy atom. The quantitative estimate of drug-likeness (QED) is 0.920. The van der Waals surface area contributed by atoms with Crippen molar-refractivity contribution < 1.29 is 4.79 Å². The summed E-state index contributed by atoms with van der Waals surface area (Å²) in [5, 5.41) is 7.15. The molecule has 0 bridgehead atoms. The molecule has 1 fully saturated rings. The Labute approximate surface area is 140 Å². The van der Waals surface area contributed by atoms with Crippen molar-refractivity contribution in [2.24, 2.45) is 0 Å². The molecule has 7 nitrogen and oxygen atoms in total. The molecule has 2 aromatic heterocycles. The highest BCUT2D eigenvalue weighted by molar-refractivity contribution is 5.76. The number of carbonyl (C=O) groups is 1. The highest BCUT2D eigenvalue weighted by atomic mass is 16.2. The van der Waals surface area contributed by atoms with Gasteiger partial charge in [0.15, 0.2) is 0 Å². The van der Waals surface area contributed by atoms with Crippen LogP contribution in [0.1, 0.15) is 41.4 Å². The van der Waals surface area contributed by atoms with Crippen LogP contribution in [0.5, 0.6) is 0 Å². The van der Waals surface area contributed by atoms with Gasteiger partial charge in [0, 0.05) is 36.1 Å². The zero-order valence-electron chi connectivity index (χ0n) is 14.4. The lowest BCUT2D eigenvalue weighted by Gasteiger charge is -2.32. The number of piperidine rings is 1. The molecule has 1 aliphatic rings. The standard InChI is InChI=1S/C17H23N5O2/c1-11-9-18-20-16(11)14-4-6-21(7-5-14)15(23)10-22-13(3)8-12(2)19-17(22)24/h8-9,14H,4-7,10H2,1-3H3,(H,18,20). The molecule has 0 spiro atoms. The van der Waals surface area contributed by atoms with E-state index in [-0.39, 0.29) is 18.1 Å².